The largest absolute Gasteiger partial charge is 0.454 e. The summed E-state index contributed by atoms with van der Waals surface area (Å²) in [5, 5.41) is 0. The lowest BCUT2D eigenvalue weighted by Crippen LogP contribution is -1.98. The van der Waals surface area contributed by atoms with Gasteiger partial charge in [0.2, 0.25) is 6.79 Å². The predicted octanol–water partition coefficient (Wildman–Crippen LogP) is 3.39. The first-order valence-electron chi connectivity index (χ1n) is 5.68. The van der Waals surface area contributed by atoms with Gasteiger partial charge in [-0.15, -0.1) is 0 Å². The first-order chi connectivity index (χ1) is 7.29. The van der Waals surface area contributed by atoms with Crippen molar-refractivity contribution in [2.24, 2.45) is 5.92 Å². The van der Waals surface area contributed by atoms with E-state index in [1.807, 2.05) is 6.07 Å². The molecule has 1 aromatic rings. The Labute approximate surface area is 91.2 Å². The van der Waals surface area contributed by atoms with Crippen LogP contribution in [0.4, 0.5) is 0 Å². The van der Waals surface area contributed by atoms with Crippen LogP contribution in [0.3, 0.4) is 0 Å². The second kappa shape index (κ2) is 4.56. The summed E-state index contributed by atoms with van der Waals surface area (Å²) in [7, 11) is 0. The van der Waals surface area contributed by atoms with Gasteiger partial charge >= 0.3 is 0 Å². The maximum absolute atomic E-state index is 5.36. The summed E-state index contributed by atoms with van der Waals surface area (Å²) in [4.78, 5) is 0. The van der Waals surface area contributed by atoms with Crippen molar-refractivity contribution in [1.82, 2.24) is 0 Å². The first kappa shape index (κ1) is 10.3. The van der Waals surface area contributed by atoms with E-state index < -0.39 is 0 Å². The molecule has 1 aromatic carbocycles. The van der Waals surface area contributed by atoms with Crippen LogP contribution in [0.15, 0.2) is 18.2 Å². The molecule has 1 atom stereocenters. The molecule has 0 fully saturated rings. The molecule has 82 valence electrons. The zero-order chi connectivity index (χ0) is 10.7. The van der Waals surface area contributed by atoms with Gasteiger partial charge in [-0.2, -0.15) is 0 Å². The van der Waals surface area contributed by atoms with Gasteiger partial charge in [0.15, 0.2) is 11.5 Å². The van der Waals surface area contributed by atoms with E-state index >= 15 is 0 Å². The molecular weight excluding hydrogens is 188 g/mol. The van der Waals surface area contributed by atoms with Gasteiger partial charge in [-0.25, -0.2) is 0 Å². The molecule has 2 nitrogen and oxygen atoms in total. The molecule has 1 heterocycles. The second-order valence-corrected chi connectivity index (χ2v) is 4.29. The second-order valence-electron chi connectivity index (χ2n) is 4.29. The number of benzene rings is 1. The molecule has 15 heavy (non-hydrogen) atoms. The van der Waals surface area contributed by atoms with Crippen LogP contribution < -0.4 is 9.47 Å². The van der Waals surface area contributed by atoms with Gasteiger partial charge in [0.05, 0.1) is 0 Å². The Morgan fingerprint density at radius 1 is 1.27 bits per heavy atom. The van der Waals surface area contributed by atoms with Crippen LogP contribution in [0.1, 0.15) is 32.3 Å². The van der Waals surface area contributed by atoms with Crippen molar-refractivity contribution >= 4 is 0 Å². The fraction of sp³-hybridized carbons (Fsp3) is 0.538. The summed E-state index contributed by atoms with van der Waals surface area (Å²) in [5.74, 6) is 2.52. The van der Waals surface area contributed by atoms with Crippen LogP contribution in [0, 0.1) is 5.92 Å². The number of rotatable bonds is 4. The van der Waals surface area contributed by atoms with E-state index in [1.165, 1.54) is 18.4 Å². The standard InChI is InChI=1S/C13H18O2/c1-3-4-10(2)7-11-5-6-12-13(8-11)15-9-14-12/h5-6,8,10H,3-4,7,9H2,1-2H3. The highest BCUT2D eigenvalue weighted by Gasteiger charge is 2.13. The molecule has 1 aliphatic heterocycles. The van der Waals surface area contributed by atoms with Crippen molar-refractivity contribution in [3.63, 3.8) is 0 Å². The van der Waals surface area contributed by atoms with Gasteiger partial charge in [-0.3, -0.25) is 0 Å². The average molecular weight is 206 g/mol. The van der Waals surface area contributed by atoms with E-state index in [0.29, 0.717) is 6.79 Å². The minimum atomic E-state index is 0.364. The molecule has 1 unspecified atom stereocenters. The Bertz CT molecular complexity index is 333. The maximum atomic E-state index is 5.36. The van der Waals surface area contributed by atoms with Crippen molar-refractivity contribution in [1.29, 1.82) is 0 Å². The zero-order valence-corrected chi connectivity index (χ0v) is 9.45. The summed E-state index contributed by atoms with van der Waals surface area (Å²) in [6, 6.07) is 6.25. The first-order valence-corrected chi connectivity index (χ1v) is 5.68. The van der Waals surface area contributed by atoms with Crippen molar-refractivity contribution in [2.45, 2.75) is 33.1 Å². The zero-order valence-electron chi connectivity index (χ0n) is 9.45. The highest BCUT2D eigenvalue weighted by molar-refractivity contribution is 5.44. The summed E-state index contributed by atoms with van der Waals surface area (Å²) >= 11 is 0. The van der Waals surface area contributed by atoms with E-state index in [9.17, 15) is 0 Å². The van der Waals surface area contributed by atoms with Crippen molar-refractivity contribution < 1.29 is 9.47 Å². The Kier molecular flexibility index (Phi) is 3.14. The number of hydrogen-bond acceptors (Lipinski definition) is 2. The minimum absolute atomic E-state index is 0.364. The van der Waals surface area contributed by atoms with E-state index in [2.05, 4.69) is 26.0 Å². The molecule has 0 aliphatic carbocycles. The highest BCUT2D eigenvalue weighted by atomic mass is 16.7. The molecule has 0 bridgehead atoms. The van der Waals surface area contributed by atoms with E-state index in [-0.39, 0.29) is 0 Å². The molecule has 0 N–H and O–H groups in total. The molecule has 0 saturated carbocycles. The summed E-state index contributed by atoms with van der Waals surface area (Å²) in [5.41, 5.74) is 1.35. The number of ether oxygens (including phenoxy) is 2. The Morgan fingerprint density at radius 2 is 2.07 bits per heavy atom. The summed E-state index contributed by atoms with van der Waals surface area (Å²) in [6.45, 7) is 4.90. The molecular formula is C13H18O2. The summed E-state index contributed by atoms with van der Waals surface area (Å²) in [6.07, 6.45) is 3.67. The Balaban J connectivity index is 2.03. The van der Waals surface area contributed by atoms with Gasteiger partial charge in [0.1, 0.15) is 0 Å². The Morgan fingerprint density at radius 3 is 2.87 bits per heavy atom. The molecule has 0 aromatic heterocycles. The molecule has 0 amide bonds. The molecule has 0 spiro atoms. The average Bonchev–Trinajstić information content (AvgIpc) is 2.65. The molecule has 0 radical (unpaired) electrons. The third-order valence-electron chi connectivity index (χ3n) is 2.80. The fourth-order valence-electron chi connectivity index (χ4n) is 2.07. The summed E-state index contributed by atoms with van der Waals surface area (Å²) < 4.78 is 10.6. The molecule has 0 saturated heterocycles. The highest BCUT2D eigenvalue weighted by Crippen LogP contribution is 2.33. The van der Waals surface area contributed by atoms with Gasteiger partial charge < -0.3 is 9.47 Å². The van der Waals surface area contributed by atoms with Crippen molar-refractivity contribution in [2.75, 3.05) is 6.79 Å². The molecule has 2 heteroatoms. The van der Waals surface area contributed by atoms with Crippen LogP contribution >= 0.6 is 0 Å². The van der Waals surface area contributed by atoms with Crippen LogP contribution in [0.5, 0.6) is 11.5 Å². The van der Waals surface area contributed by atoms with E-state index in [4.69, 9.17) is 9.47 Å². The lowest BCUT2D eigenvalue weighted by molar-refractivity contribution is 0.174. The predicted molar refractivity (Wildman–Crippen MR) is 60.3 cm³/mol. The quantitative estimate of drug-likeness (QED) is 0.751. The molecule has 2 rings (SSSR count). The van der Waals surface area contributed by atoms with Gasteiger partial charge in [0.25, 0.3) is 0 Å². The van der Waals surface area contributed by atoms with E-state index in [1.54, 1.807) is 0 Å². The van der Waals surface area contributed by atoms with Crippen molar-refractivity contribution in [3.8, 4) is 11.5 Å². The monoisotopic (exact) mass is 206 g/mol. The SMILES string of the molecule is CCCC(C)Cc1ccc2c(c1)OCO2. The number of fused-ring (bicyclic) bond motifs is 1. The fourth-order valence-corrected chi connectivity index (χ4v) is 2.07. The maximum Gasteiger partial charge on any atom is 0.231 e. The van der Waals surface area contributed by atoms with E-state index in [0.717, 1.165) is 23.8 Å². The van der Waals surface area contributed by atoms with Gasteiger partial charge in [-0.1, -0.05) is 32.8 Å². The van der Waals surface area contributed by atoms with Gasteiger partial charge in [0, 0.05) is 0 Å². The minimum Gasteiger partial charge on any atom is -0.454 e. The third kappa shape index (κ3) is 2.44. The van der Waals surface area contributed by atoms with Crippen LogP contribution in [0.25, 0.3) is 0 Å². The lowest BCUT2D eigenvalue weighted by Gasteiger charge is -2.10. The van der Waals surface area contributed by atoms with Crippen molar-refractivity contribution in [3.05, 3.63) is 23.8 Å². The van der Waals surface area contributed by atoms with Crippen LogP contribution in [0.2, 0.25) is 0 Å². The smallest absolute Gasteiger partial charge is 0.231 e. The number of hydrogen-bond donors (Lipinski definition) is 0. The lowest BCUT2D eigenvalue weighted by atomic mass is 9.97. The normalized spacial score (nSPS) is 15.3. The Hall–Kier alpha value is -1.18. The molecule has 1 aliphatic rings. The topological polar surface area (TPSA) is 18.5 Å². The third-order valence-corrected chi connectivity index (χ3v) is 2.80. The van der Waals surface area contributed by atoms with Crippen LogP contribution in [-0.4, -0.2) is 6.79 Å². The van der Waals surface area contributed by atoms with Crippen LogP contribution in [-0.2, 0) is 6.42 Å². The van der Waals surface area contributed by atoms with Gasteiger partial charge in [-0.05, 0) is 30.0 Å².